The number of ketones is 3. The Hall–Kier alpha value is -7.86. The van der Waals surface area contributed by atoms with Gasteiger partial charge in [-0.25, -0.2) is 0 Å². The third-order valence-electron chi connectivity index (χ3n) is 20.7. The Labute approximate surface area is 590 Å². The zero-order valence-electron chi connectivity index (χ0n) is 59.1. The van der Waals surface area contributed by atoms with Crippen LogP contribution in [0.15, 0.2) is 128 Å². The molecule has 0 spiro atoms. The van der Waals surface area contributed by atoms with E-state index in [0.29, 0.717) is 167 Å². The van der Waals surface area contributed by atoms with Crippen molar-refractivity contribution >= 4 is 46.9 Å². The number of likely N-dealkylation sites (N-methyl/N-ethyl adjacent to an activating group) is 2. The third-order valence-corrected chi connectivity index (χ3v) is 20.7. The molecule has 0 saturated carbocycles. The van der Waals surface area contributed by atoms with Crippen LogP contribution in [-0.2, 0) is 72.1 Å². The van der Waals surface area contributed by atoms with Crippen LogP contribution in [-0.4, -0.2) is 180 Å². The number of amides is 5. The first kappa shape index (κ1) is 76.3. The van der Waals surface area contributed by atoms with Gasteiger partial charge in [0, 0.05) is 88.6 Å². The Morgan fingerprint density at radius 3 is 1.65 bits per heavy atom. The van der Waals surface area contributed by atoms with E-state index in [9.17, 15) is 38.4 Å². The average molecular weight is 1370 g/mol. The number of hydrogen-bond acceptors (Lipinski definition) is 16. The molecule has 0 unspecified atom stereocenters. The van der Waals surface area contributed by atoms with Crippen molar-refractivity contribution in [3.05, 3.63) is 155 Å². The standard InChI is InChI=1S/C78H107N11O11/c1-5-65(79-3)74(93)83-72-58(31-35-61-37-41-67(88(61)77(72)96)70(92)50-64(55-24-13-8-14-25-55)56-26-15-9-16-27-56)33-39-63(90)40-34-60-53-87(86-85-60)43-21-45-99-47-49-100-48-46-98-44-20-19-30-69(91)71(57-28-17-10-18-29-57)82-76(95)68-42-38-62-36-32-59(52-81-51-54-22-11-7-12-23-54)73(78(97)89(62)68)84-75(94)66(6-2)80-4/h7-18,22-29,53,58-59,61-62,64-68,71-73,79-81H,5-6,19-21,30-52H2,1-4H3,(H,82,95)(H,83,93)(H,84,94)/t58-,59-,61+,62+,65+,66+,67+,68+,71+,72+,73+/m1/s1. The van der Waals surface area contributed by atoms with Crippen LogP contribution in [0.2, 0.25) is 0 Å². The Kier molecular flexibility index (Phi) is 30.5. The molecule has 5 heterocycles. The monoisotopic (exact) mass is 1370 g/mol. The van der Waals surface area contributed by atoms with Gasteiger partial charge in [0.2, 0.25) is 29.5 Å². The van der Waals surface area contributed by atoms with Gasteiger partial charge in [0.1, 0.15) is 30.0 Å². The summed E-state index contributed by atoms with van der Waals surface area (Å²) < 4.78 is 19.1. The molecule has 5 amide bonds. The van der Waals surface area contributed by atoms with Crippen molar-refractivity contribution in [1.82, 2.24) is 56.7 Å². The number of ether oxygens (including phenoxy) is 3. The van der Waals surface area contributed by atoms with Gasteiger partial charge in [0.05, 0.1) is 50.2 Å². The Morgan fingerprint density at radius 2 is 1.07 bits per heavy atom. The quantitative estimate of drug-likeness (QED) is 0.0204. The van der Waals surface area contributed by atoms with Crippen LogP contribution in [0.25, 0.3) is 0 Å². The molecule has 4 aromatic carbocycles. The molecule has 0 bridgehead atoms. The number of carbonyl (C=O) groups is 8. The second kappa shape index (κ2) is 40.0. The summed E-state index contributed by atoms with van der Waals surface area (Å²) in [6.45, 7) is 8.04. The zero-order valence-corrected chi connectivity index (χ0v) is 59.1. The molecule has 4 fully saturated rings. The van der Waals surface area contributed by atoms with E-state index in [-0.39, 0.29) is 102 Å². The molecule has 0 radical (unpaired) electrons. The summed E-state index contributed by atoms with van der Waals surface area (Å²) in [5, 5.41) is 27.5. The number of unbranched alkanes of at least 4 members (excludes halogenated alkanes) is 1. The minimum absolute atomic E-state index is 0.0157. The van der Waals surface area contributed by atoms with Crippen molar-refractivity contribution in [3.63, 3.8) is 0 Å². The molecule has 22 heteroatoms. The molecule has 1 aromatic heterocycles. The number of rotatable bonds is 42. The van der Waals surface area contributed by atoms with E-state index < -0.39 is 42.3 Å². The number of carbonyl (C=O) groups excluding carboxylic acids is 8. The molecule has 100 heavy (non-hydrogen) atoms. The van der Waals surface area contributed by atoms with E-state index in [1.54, 1.807) is 28.6 Å². The molecule has 11 atom stereocenters. The van der Waals surface area contributed by atoms with Crippen molar-refractivity contribution in [3.8, 4) is 0 Å². The van der Waals surface area contributed by atoms with Gasteiger partial charge in [-0.15, -0.1) is 5.10 Å². The highest BCUT2D eigenvalue weighted by Gasteiger charge is 2.50. The van der Waals surface area contributed by atoms with Crippen LogP contribution in [0, 0.1) is 11.8 Å². The maximum Gasteiger partial charge on any atom is 0.246 e. The number of benzene rings is 4. The topological polar surface area (TPSA) is 274 Å². The molecule has 540 valence electrons. The number of Topliss-reactive ketones (excluding diaryl/α,β-unsaturated/α-hetero) is 3. The second-order valence-corrected chi connectivity index (χ2v) is 27.3. The van der Waals surface area contributed by atoms with Crippen molar-refractivity contribution in [2.75, 3.05) is 60.3 Å². The molecule has 0 aliphatic carbocycles. The van der Waals surface area contributed by atoms with Gasteiger partial charge in [-0.05, 0) is 139 Å². The van der Waals surface area contributed by atoms with E-state index >= 15 is 0 Å². The fourth-order valence-electron chi connectivity index (χ4n) is 15.1. The molecule has 9 rings (SSSR count). The molecule has 4 aliphatic heterocycles. The van der Waals surface area contributed by atoms with E-state index in [1.807, 2.05) is 141 Å². The van der Waals surface area contributed by atoms with Crippen molar-refractivity contribution in [1.29, 1.82) is 0 Å². The molecule has 6 N–H and O–H groups in total. The van der Waals surface area contributed by atoms with Crippen LogP contribution in [0.4, 0.5) is 0 Å². The number of hydrogen-bond donors (Lipinski definition) is 6. The van der Waals surface area contributed by atoms with Crippen LogP contribution < -0.4 is 31.9 Å². The summed E-state index contributed by atoms with van der Waals surface area (Å²) in [4.78, 5) is 117. The fourth-order valence-corrected chi connectivity index (χ4v) is 15.1. The summed E-state index contributed by atoms with van der Waals surface area (Å²) in [7, 11) is 3.45. The SMILES string of the molecule is CC[C@H](NC)C(=O)N[C@@H]1C(=O)N2[C@@H](CC[C@@H]1CCC(=O)CCc1cn(CCCOCCOCCOCCCCC(=O)[C@@H](NC(=O)[C@@H]3CC[C@@H]4CC[C@H](CNCc5ccccc5)[C@H](NC(=O)[C@H](CC)NC)C(=O)N43)c3ccccc3)nn1)CC[C@H]2C(=O)CC(c1ccccc1)c1ccccc1. The van der Waals surface area contributed by atoms with Crippen LogP contribution in [0.1, 0.15) is 169 Å². The predicted octanol–water partition coefficient (Wildman–Crippen LogP) is 7.68. The molecule has 4 saturated heterocycles. The number of fused-ring (bicyclic) bond motifs is 2. The zero-order chi connectivity index (χ0) is 70.6. The van der Waals surface area contributed by atoms with Crippen LogP contribution in [0.5, 0.6) is 0 Å². The first-order valence-corrected chi connectivity index (χ1v) is 36.8. The maximum atomic E-state index is 14.9. The smallest absolute Gasteiger partial charge is 0.246 e. The van der Waals surface area contributed by atoms with Crippen LogP contribution in [0.3, 0.4) is 0 Å². The van der Waals surface area contributed by atoms with E-state index in [2.05, 4.69) is 42.2 Å². The number of aryl methyl sites for hydroxylation is 2. The fraction of sp³-hybridized carbons (Fsp3) is 0.564. The summed E-state index contributed by atoms with van der Waals surface area (Å²) in [6.07, 6.45) is 11.8. The Balaban J connectivity index is 0.645. The van der Waals surface area contributed by atoms with Gasteiger partial charge < -0.3 is 55.9 Å². The first-order valence-electron chi connectivity index (χ1n) is 36.8. The number of nitrogens with one attached hydrogen (secondary N) is 6. The van der Waals surface area contributed by atoms with Gasteiger partial charge in [-0.2, -0.15) is 0 Å². The van der Waals surface area contributed by atoms with E-state index in [1.165, 1.54) is 0 Å². The minimum atomic E-state index is -0.897. The number of aromatic nitrogens is 3. The van der Waals surface area contributed by atoms with Gasteiger partial charge in [-0.1, -0.05) is 140 Å². The second-order valence-electron chi connectivity index (χ2n) is 27.3. The van der Waals surface area contributed by atoms with Crippen molar-refractivity contribution in [2.45, 2.75) is 209 Å². The van der Waals surface area contributed by atoms with Gasteiger partial charge in [0.15, 0.2) is 11.6 Å². The molecular formula is C78H107N11O11. The average Bonchev–Trinajstić information content (AvgIpc) is 1.62. The van der Waals surface area contributed by atoms with Crippen molar-refractivity contribution in [2.24, 2.45) is 11.8 Å². The lowest BCUT2D eigenvalue weighted by Gasteiger charge is -2.33. The Bertz CT molecular complexity index is 3330. The largest absolute Gasteiger partial charge is 0.379 e. The summed E-state index contributed by atoms with van der Waals surface area (Å²) >= 11 is 0. The number of nitrogens with zero attached hydrogens (tertiary/aromatic N) is 5. The normalized spacial score (nSPS) is 21.5. The van der Waals surface area contributed by atoms with E-state index in [0.717, 1.165) is 16.7 Å². The molecular weight excluding hydrogens is 1270 g/mol. The third kappa shape index (κ3) is 21.6. The summed E-state index contributed by atoms with van der Waals surface area (Å²) in [6, 6.07) is 34.1. The van der Waals surface area contributed by atoms with Gasteiger partial charge >= 0.3 is 0 Å². The maximum absolute atomic E-state index is 14.9. The van der Waals surface area contributed by atoms with Gasteiger partial charge in [-0.3, -0.25) is 43.0 Å². The molecule has 4 aliphatic rings. The van der Waals surface area contributed by atoms with Crippen molar-refractivity contribution < 1.29 is 52.6 Å². The lowest BCUT2D eigenvalue weighted by atomic mass is 9.85. The highest BCUT2D eigenvalue weighted by atomic mass is 16.5. The van der Waals surface area contributed by atoms with Gasteiger partial charge in [0.25, 0.3) is 0 Å². The lowest BCUT2D eigenvalue weighted by molar-refractivity contribution is -0.144. The summed E-state index contributed by atoms with van der Waals surface area (Å²) in [5.74, 6) is -2.10. The highest BCUT2D eigenvalue weighted by Crippen LogP contribution is 2.39. The van der Waals surface area contributed by atoms with Crippen LogP contribution >= 0.6 is 0 Å². The summed E-state index contributed by atoms with van der Waals surface area (Å²) in [5.41, 5.74) is 4.58. The first-order chi connectivity index (χ1) is 48.8. The molecule has 22 nitrogen and oxygen atoms in total. The molecule has 5 aromatic rings. The lowest BCUT2D eigenvalue weighted by Crippen LogP contribution is -2.59. The predicted molar refractivity (Wildman–Crippen MR) is 381 cm³/mol. The minimum Gasteiger partial charge on any atom is -0.379 e. The van der Waals surface area contributed by atoms with E-state index in [4.69, 9.17) is 14.2 Å². The highest BCUT2D eigenvalue weighted by molar-refractivity contribution is 5.97. The Morgan fingerprint density at radius 1 is 0.560 bits per heavy atom.